The van der Waals surface area contributed by atoms with Gasteiger partial charge in [0.1, 0.15) is 11.6 Å². The summed E-state index contributed by atoms with van der Waals surface area (Å²) in [5, 5.41) is 10.8. The summed E-state index contributed by atoms with van der Waals surface area (Å²) in [6.45, 7) is -1.07. The first-order chi connectivity index (χ1) is 7.80. The standard InChI is InChI=1S/C10H10F5NO/c11-7-1-2-8(12)6(3-7)4-16-5-9(17)10(13,14)15/h1-3,9,16-17H,4-5H2. The fourth-order valence-corrected chi connectivity index (χ4v) is 1.14. The van der Waals surface area contributed by atoms with Gasteiger partial charge in [-0.1, -0.05) is 0 Å². The highest BCUT2D eigenvalue weighted by molar-refractivity contribution is 5.18. The van der Waals surface area contributed by atoms with E-state index >= 15 is 0 Å². The van der Waals surface area contributed by atoms with Crippen LogP contribution in [0.1, 0.15) is 5.56 Å². The quantitative estimate of drug-likeness (QED) is 0.806. The van der Waals surface area contributed by atoms with Crippen molar-refractivity contribution in [3.63, 3.8) is 0 Å². The van der Waals surface area contributed by atoms with Crippen molar-refractivity contribution < 1.29 is 27.1 Å². The van der Waals surface area contributed by atoms with Gasteiger partial charge >= 0.3 is 6.18 Å². The fraction of sp³-hybridized carbons (Fsp3) is 0.400. The van der Waals surface area contributed by atoms with E-state index in [4.69, 9.17) is 5.11 Å². The zero-order valence-electron chi connectivity index (χ0n) is 8.56. The predicted octanol–water partition coefficient (Wildman–Crippen LogP) is 1.98. The molecule has 96 valence electrons. The zero-order valence-corrected chi connectivity index (χ0v) is 8.56. The van der Waals surface area contributed by atoms with Crippen LogP contribution in [-0.4, -0.2) is 23.9 Å². The summed E-state index contributed by atoms with van der Waals surface area (Å²) < 4.78 is 61.4. The maximum Gasteiger partial charge on any atom is 0.415 e. The Morgan fingerprint density at radius 2 is 1.88 bits per heavy atom. The molecule has 7 heteroatoms. The van der Waals surface area contributed by atoms with E-state index in [9.17, 15) is 22.0 Å². The highest BCUT2D eigenvalue weighted by atomic mass is 19.4. The van der Waals surface area contributed by atoms with Crippen molar-refractivity contribution in [3.05, 3.63) is 35.4 Å². The van der Waals surface area contributed by atoms with Gasteiger partial charge in [0.05, 0.1) is 0 Å². The van der Waals surface area contributed by atoms with Gasteiger partial charge in [0.15, 0.2) is 6.10 Å². The molecule has 1 unspecified atom stereocenters. The van der Waals surface area contributed by atoms with Crippen molar-refractivity contribution in [3.8, 4) is 0 Å². The van der Waals surface area contributed by atoms with Crippen molar-refractivity contribution >= 4 is 0 Å². The van der Waals surface area contributed by atoms with Gasteiger partial charge in [-0.3, -0.25) is 0 Å². The first-order valence-electron chi connectivity index (χ1n) is 4.70. The Hall–Kier alpha value is -1.21. The highest BCUT2D eigenvalue weighted by Gasteiger charge is 2.37. The number of hydrogen-bond acceptors (Lipinski definition) is 2. The average Bonchev–Trinajstić information content (AvgIpc) is 2.21. The summed E-state index contributed by atoms with van der Waals surface area (Å²) in [6, 6.07) is 2.66. The summed E-state index contributed by atoms with van der Waals surface area (Å²) in [5.74, 6) is -1.40. The Morgan fingerprint density at radius 1 is 1.24 bits per heavy atom. The van der Waals surface area contributed by atoms with Crippen LogP contribution in [0.4, 0.5) is 22.0 Å². The molecule has 0 fully saturated rings. The smallest absolute Gasteiger partial charge is 0.382 e. The molecule has 0 heterocycles. The molecule has 0 aliphatic rings. The van der Waals surface area contributed by atoms with Crippen LogP contribution >= 0.6 is 0 Å². The lowest BCUT2D eigenvalue weighted by atomic mass is 10.2. The molecule has 2 N–H and O–H groups in total. The first-order valence-corrected chi connectivity index (χ1v) is 4.70. The Kier molecular flexibility index (Phi) is 4.41. The Morgan fingerprint density at radius 3 is 2.47 bits per heavy atom. The molecular formula is C10H10F5NO. The molecule has 1 aromatic carbocycles. The molecule has 0 amide bonds. The molecule has 1 rings (SSSR count). The van der Waals surface area contributed by atoms with E-state index in [2.05, 4.69) is 5.32 Å². The van der Waals surface area contributed by atoms with E-state index in [1.807, 2.05) is 0 Å². The van der Waals surface area contributed by atoms with Crippen LogP contribution in [-0.2, 0) is 6.54 Å². The summed E-state index contributed by atoms with van der Waals surface area (Å²) >= 11 is 0. The van der Waals surface area contributed by atoms with E-state index in [-0.39, 0.29) is 12.1 Å². The maximum atomic E-state index is 13.0. The summed E-state index contributed by atoms with van der Waals surface area (Å²) in [5.41, 5.74) is -0.0978. The number of aliphatic hydroxyl groups excluding tert-OH is 1. The minimum Gasteiger partial charge on any atom is -0.382 e. The number of nitrogens with one attached hydrogen (secondary N) is 1. The molecule has 0 aliphatic heterocycles. The highest BCUT2D eigenvalue weighted by Crippen LogP contribution is 2.19. The van der Waals surface area contributed by atoms with E-state index < -0.39 is 30.5 Å². The van der Waals surface area contributed by atoms with Gasteiger partial charge in [0, 0.05) is 18.7 Å². The van der Waals surface area contributed by atoms with Gasteiger partial charge in [0.2, 0.25) is 0 Å². The van der Waals surface area contributed by atoms with Gasteiger partial charge in [-0.2, -0.15) is 13.2 Å². The predicted molar refractivity (Wildman–Crippen MR) is 50.1 cm³/mol. The van der Waals surface area contributed by atoms with Crippen molar-refractivity contribution in [2.75, 3.05) is 6.54 Å². The first kappa shape index (κ1) is 13.9. The lowest BCUT2D eigenvalue weighted by molar-refractivity contribution is -0.201. The van der Waals surface area contributed by atoms with Gasteiger partial charge < -0.3 is 10.4 Å². The minimum absolute atomic E-state index is 0.0978. The Bertz CT molecular complexity index is 379. The molecular weight excluding hydrogens is 245 g/mol. The third kappa shape index (κ3) is 4.27. The molecule has 17 heavy (non-hydrogen) atoms. The number of aliphatic hydroxyl groups is 1. The van der Waals surface area contributed by atoms with Crippen LogP contribution in [0.5, 0.6) is 0 Å². The third-order valence-corrected chi connectivity index (χ3v) is 2.04. The Labute approximate surface area is 94.1 Å². The maximum absolute atomic E-state index is 13.0. The minimum atomic E-state index is -4.73. The number of rotatable bonds is 4. The lowest BCUT2D eigenvalue weighted by Gasteiger charge is -2.15. The lowest BCUT2D eigenvalue weighted by Crippen LogP contribution is -2.38. The topological polar surface area (TPSA) is 32.3 Å². The number of benzene rings is 1. The van der Waals surface area contributed by atoms with Crippen molar-refractivity contribution in [2.45, 2.75) is 18.8 Å². The number of hydrogen-bond donors (Lipinski definition) is 2. The second kappa shape index (κ2) is 5.42. The average molecular weight is 255 g/mol. The largest absolute Gasteiger partial charge is 0.415 e. The molecule has 1 aromatic rings. The van der Waals surface area contributed by atoms with Crippen LogP contribution in [0.3, 0.4) is 0 Å². The molecule has 0 radical (unpaired) electrons. The fourth-order valence-electron chi connectivity index (χ4n) is 1.14. The van der Waals surface area contributed by atoms with Gasteiger partial charge in [-0.25, -0.2) is 8.78 Å². The zero-order chi connectivity index (χ0) is 13.1. The van der Waals surface area contributed by atoms with Crippen LogP contribution in [0, 0.1) is 11.6 Å². The van der Waals surface area contributed by atoms with Crippen LogP contribution in [0.15, 0.2) is 18.2 Å². The van der Waals surface area contributed by atoms with Crippen molar-refractivity contribution in [1.82, 2.24) is 5.32 Å². The summed E-state index contributed by atoms with van der Waals surface area (Å²) in [4.78, 5) is 0. The summed E-state index contributed by atoms with van der Waals surface area (Å²) in [7, 11) is 0. The third-order valence-electron chi connectivity index (χ3n) is 2.04. The van der Waals surface area contributed by atoms with Crippen LogP contribution in [0.25, 0.3) is 0 Å². The van der Waals surface area contributed by atoms with Crippen molar-refractivity contribution in [1.29, 1.82) is 0 Å². The SMILES string of the molecule is OC(CNCc1cc(F)ccc1F)C(F)(F)F. The second-order valence-corrected chi connectivity index (χ2v) is 3.42. The monoisotopic (exact) mass is 255 g/mol. The van der Waals surface area contributed by atoms with Crippen molar-refractivity contribution in [2.24, 2.45) is 0 Å². The molecule has 2 nitrogen and oxygen atoms in total. The molecule has 0 aromatic heterocycles. The molecule has 0 aliphatic carbocycles. The van der Waals surface area contributed by atoms with Crippen LogP contribution in [0.2, 0.25) is 0 Å². The number of alkyl halides is 3. The van der Waals surface area contributed by atoms with Crippen LogP contribution < -0.4 is 5.32 Å². The van der Waals surface area contributed by atoms with E-state index in [0.717, 1.165) is 18.2 Å². The second-order valence-electron chi connectivity index (χ2n) is 3.42. The van der Waals surface area contributed by atoms with Gasteiger partial charge in [0.25, 0.3) is 0 Å². The molecule has 0 spiro atoms. The van der Waals surface area contributed by atoms with E-state index in [1.165, 1.54) is 0 Å². The van der Waals surface area contributed by atoms with Gasteiger partial charge in [-0.15, -0.1) is 0 Å². The normalized spacial score (nSPS) is 13.8. The number of halogens is 5. The molecule has 0 saturated carbocycles. The van der Waals surface area contributed by atoms with Gasteiger partial charge in [-0.05, 0) is 18.2 Å². The molecule has 1 atom stereocenters. The van der Waals surface area contributed by atoms with E-state index in [0.29, 0.717) is 0 Å². The molecule has 0 saturated heterocycles. The summed E-state index contributed by atoms with van der Waals surface area (Å²) in [6.07, 6.45) is -7.26. The van der Waals surface area contributed by atoms with E-state index in [1.54, 1.807) is 0 Å². The Balaban J connectivity index is 2.49. The molecule has 0 bridgehead atoms.